The van der Waals surface area contributed by atoms with Crippen LogP contribution in [0.3, 0.4) is 0 Å². The van der Waals surface area contributed by atoms with Crippen molar-refractivity contribution in [2.24, 2.45) is 0 Å². The second kappa shape index (κ2) is 27.1. The summed E-state index contributed by atoms with van der Waals surface area (Å²) in [5.41, 5.74) is 4.48. The Hall–Kier alpha value is -6.71. The van der Waals surface area contributed by atoms with Crippen LogP contribution in [-0.2, 0) is 48.7 Å². The highest BCUT2D eigenvalue weighted by Crippen LogP contribution is 2.56. The number of aliphatic carboxylic acids is 1. The number of amides is 4. The van der Waals surface area contributed by atoms with Gasteiger partial charge in [0.2, 0.25) is 23.6 Å². The number of Topliss-reactive ketones (excluding diaryl/α,β-unsaturated/α-hetero) is 3. The van der Waals surface area contributed by atoms with E-state index in [9.17, 15) is 43.2 Å². The molecule has 0 radical (unpaired) electrons. The van der Waals surface area contributed by atoms with Gasteiger partial charge in [-0.3, -0.25) is 33.6 Å². The molecule has 362 valence electrons. The van der Waals surface area contributed by atoms with Crippen molar-refractivity contribution < 1.29 is 57.7 Å². The average molecular weight is 927 g/mol. The number of carboxylic acid groups (broad SMARTS) is 1. The summed E-state index contributed by atoms with van der Waals surface area (Å²) in [5, 5.41) is 19.1. The van der Waals surface area contributed by atoms with Gasteiger partial charge in [0.15, 0.2) is 17.2 Å². The molecule has 0 bridgehead atoms. The molecule has 16 nitrogen and oxygen atoms in total. The number of nitrogens with one attached hydrogen (secondary N) is 4. The number of hydrogen-bond donors (Lipinski definition) is 5. The van der Waals surface area contributed by atoms with Gasteiger partial charge < -0.3 is 40.6 Å². The normalized spacial score (nSPS) is 13.1. The number of benzene rings is 3. The molecule has 3 aromatic rings. The van der Waals surface area contributed by atoms with E-state index in [-0.39, 0.29) is 72.6 Å². The number of aryl methyl sites for hydroxylation is 2. The van der Waals surface area contributed by atoms with Crippen LogP contribution < -0.4 is 26.0 Å². The van der Waals surface area contributed by atoms with Crippen LogP contribution in [0.5, 0.6) is 11.5 Å². The summed E-state index contributed by atoms with van der Waals surface area (Å²) in [7, 11) is 0. The molecule has 5 N–H and O–H groups in total. The molecule has 67 heavy (non-hydrogen) atoms. The number of esters is 1. The van der Waals surface area contributed by atoms with Crippen molar-refractivity contribution >= 4 is 52.9 Å². The molecule has 0 aliphatic carbocycles. The first-order valence-electron chi connectivity index (χ1n) is 22.9. The van der Waals surface area contributed by atoms with E-state index in [0.29, 0.717) is 57.2 Å². The largest absolute Gasteiger partial charge is 0.481 e. The summed E-state index contributed by atoms with van der Waals surface area (Å²) in [6, 6.07) is 18.8. The van der Waals surface area contributed by atoms with Crippen molar-refractivity contribution in [1.29, 1.82) is 0 Å². The highest BCUT2D eigenvalue weighted by atomic mass is 16.6. The second-order valence-corrected chi connectivity index (χ2v) is 16.7. The van der Waals surface area contributed by atoms with Crippen LogP contribution in [0, 0.1) is 13.8 Å². The third kappa shape index (κ3) is 16.9. The molecule has 0 saturated carbocycles. The molecule has 2 aliphatic rings. The topological polar surface area (TPSA) is 240 Å². The predicted molar refractivity (Wildman–Crippen MR) is 250 cm³/mol. The molecule has 16 heteroatoms. The van der Waals surface area contributed by atoms with E-state index in [1.54, 1.807) is 13.8 Å². The molecule has 0 saturated heterocycles. The maximum Gasteiger partial charge on any atom is 0.340 e. The zero-order chi connectivity index (χ0) is 49.7. The number of unbranched alkanes of at least 4 members (excludes halogenated alkanes) is 2. The zero-order valence-corrected chi connectivity index (χ0v) is 39.8. The van der Waals surface area contributed by atoms with Crippen molar-refractivity contribution in [3.63, 3.8) is 0 Å². The second-order valence-electron chi connectivity index (χ2n) is 16.7. The summed E-state index contributed by atoms with van der Waals surface area (Å²) < 4.78 is 12.3. The fourth-order valence-electron chi connectivity index (χ4n) is 7.59. The molecule has 4 amide bonds. The quantitative estimate of drug-likeness (QED) is 0.0528. The van der Waals surface area contributed by atoms with Crippen LogP contribution in [0.1, 0.15) is 150 Å². The van der Waals surface area contributed by atoms with Gasteiger partial charge in [0.25, 0.3) is 0 Å². The number of hydrogen-bond acceptors (Lipinski definition) is 11. The third-order valence-corrected chi connectivity index (χ3v) is 11.0. The first-order chi connectivity index (χ1) is 31.8. The van der Waals surface area contributed by atoms with Crippen LogP contribution >= 0.6 is 0 Å². The van der Waals surface area contributed by atoms with Gasteiger partial charge in [-0.1, -0.05) is 56.3 Å². The van der Waals surface area contributed by atoms with Crippen molar-refractivity contribution in [3.05, 3.63) is 94.0 Å². The first kappa shape index (κ1) is 54.6. The Morgan fingerprint density at radius 3 is 1.51 bits per heavy atom. The number of fused-ring (bicyclic) bond motifs is 6. The van der Waals surface area contributed by atoms with E-state index < -0.39 is 23.7 Å². The number of ketones is 3. The smallest absolute Gasteiger partial charge is 0.340 e. The Morgan fingerprint density at radius 2 is 1.07 bits per heavy atom. The van der Waals surface area contributed by atoms with Crippen LogP contribution in [0.25, 0.3) is 0 Å². The highest BCUT2D eigenvalue weighted by Gasteiger charge is 2.53. The Kier molecular flexibility index (Phi) is 22.1. The summed E-state index contributed by atoms with van der Waals surface area (Å²) >= 11 is 0. The molecule has 0 fully saturated rings. The van der Waals surface area contributed by atoms with E-state index in [4.69, 9.17) is 14.6 Å². The van der Waals surface area contributed by atoms with Gasteiger partial charge in [0, 0.05) is 75.7 Å². The van der Waals surface area contributed by atoms with Gasteiger partial charge in [0.05, 0.1) is 24.1 Å². The molecular weight excluding hydrogens is 861 g/mol. The van der Waals surface area contributed by atoms with E-state index in [2.05, 4.69) is 21.3 Å². The Morgan fingerprint density at radius 1 is 0.612 bits per heavy atom. The van der Waals surface area contributed by atoms with Gasteiger partial charge in [-0.15, -0.1) is 0 Å². The number of carbonyl (C=O) groups excluding carboxylic acids is 8. The monoisotopic (exact) mass is 926 g/mol. The summed E-state index contributed by atoms with van der Waals surface area (Å²) in [6.45, 7) is 12.7. The fraction of sp³-hybridized carbons (Fsp3) is 0.471. The lowest BCUT2D eigenvalue weighted by Crippen LogP contribution is -2.39. The van der Waals surface area contributed by atoms with Crippen molar-refractivity contribution in [2.45, 2.75) is 143 Å². The molecule has 2 atom stereocenters. The molecule has 5 rings (SSSR count). The third-order valence-electron chi connectivity index (χ3n) is 11.0. The Labute approximate surface area is 392 Å². The summed E-state index contributed by atoms with van der Waals surface area (Å²) in [4.78, 5) is 102. The van der Waals surface area contributed by atoms with E-state index >= 15 is 0 Å². The molecule has 2 unspecified atom stereocenters. The van der Waals surface area contributed by atoms with Crippen molar-refractivity contribution in [1.82, 2.24) is 21.3 Å². The first-order valence-corrected chi connectivity index (χ1v) is 22.9. The van der Waals surface area contributed by atoms with Crippen molar-refractivity contribution in [2.75, 3.05) is 13.1 Å². The minimum atomic E-state index is -0.999. The van der Waals surface area contributed by atoms with Gasteiger partial charge in [-0.25, -0.2) is 4.79 Å². The van der Waals surface area contributed by atoms with Crippen molar-refractivity contribution in [3.8, 4) is 11.5 Å². The molecule has 0 aromatic heterocycles. The lowest BCUT2D eigenvalue weighted by atomic mass is 9.77. The van der Waals surface area contributed by atoms with E-state index in [1.807, 2.05) is 74.5 Å². The minimum absolute atomic E-state index is 0.00127. The number of carbonyl (C=O) groups is 9. The SMILES string of the molecule is CCC(=O)C(CCCCNC(=O)CCC(=O)O)NC(C)=O.CCC(=O)C(CCCCNC(=O)CCC(C)=O)NC(C)=O.Cc1ccc2c(c1)Oc1cc(C)ccc1C21OC(=O)c2ccccc21. The van der Waals surface area contributed by atoms with Gasteiger partial charge in [0.1, 0.15) is 17.3 Å². The molecule has 3 aromatic carbocycles. The Balaban J connectivity index is 0.000000269. The lowest BCUT2D eigenvalue weighted by Gasteiger charge is -2.36. The highest BCUT2D eigenvalue weighted by molar-refractivity contribution is 5.97. The number of ether oxygens (including phenoxy) is 2. The predicted octanol–water partition coefficient (Wildman–Crippen LogP) is 6.62. The van der Waals surface area contributed by atoms with E-state index in [1.165, 1.54) is 20.8 Å². The minimum Gasteiger partial charge on any atom is -0.481 e. The van der Waals surface area contributed by atoms with Crippen LogP contribution in [0.2, 0.25) is 0 Å². The number of rotatable bonds is 22. The molecule has 2 aliphatic heterocycles. The molecule has 1 spiro atoms. The molecule has 2 heterocycles. The summed E-state index contributed by atoms with van der Waals surface area (Å²) in [5.74, 6) is -0.660. The van der Waals surface area contributed by atoms with Gasteiger partial charge in [-0.05, 0) is 88.6 Å². The van der Waals surface area contributed by atoms with Crippen LogP contribution in [-0.4, -0.2) is 83.2 Å². The average Bonchev–Trinajstić information content (AvgIpc) is 3.57. The van der Waals surface area contributed by atoms with E-state index in [0.717, 1.165) is 52.2 Å². The number of carboxylic acids is 1. The van der Waals surface area contributed by atoms with Crippen LogP contribution in [0.15, 0.2) is 60.7 Å². The van der Waals surface area contributed by atoms with Gasteiger partial charge in [-0.2, -0.15) is 0 Å². The van der Waals surface area contributed by atoms with Crippen LogP contribution in [0.4, 0.5) is 0 Å². The van der Waals surface area contributed by atoms with Gasteiger partial charge >= 0.3 is 11.9 Å². The Bertz CT molecular complexity index is 2150. The maximum absolute atomic E-state index is 12.6. The standard InChI is InChI=1S/C22H16O3.C15H26N2O4.C14H24N2O5/c1-13-7-9-17-19(11-13)24-20-12-14(2)8-10-18(20)22(17)16-6-4-3-5-15(16)21(23)25-22;1-4-14(20)13(17-12(3)19)7-5-6-10-16-15(21)9-8-11(2)18;1-3-12(18)11(16-10(2)17)6-4-5-9-15-13(19)7-8-14(20)21/h3-12H,1-2H3;13H,4-10H2,1-3H3,(H,16,21)(H,17,19);11H,3-9H2,1-2H3,(H,15,19)(H,16,17)(H,20,21). The summed E-state index contributed by atoms with van der Waals surface area (Å²) in [6.07, 6.45) is 5.00. The molecular formula is C51H66N4O12. The lowest BCUT2D eigenvalue weighted by molar-refractivity contribution is -0.138. The fourth-order valence-corrected chi connectivity index (χ4v) is 7.59. The maximum atomic E-state index is 12.6. The zero-order valence-electron chi connectivity index (χ0n) is 39.8.